The Morgan fingerprint density at radius 2 is 2.06 bits per heavy atom. The third-order valence-corrected chi connectivity index (χ3v) is 3.64. The van der Waals surface area contributed by atoms with Crippen LogP contribution in [0, 0.1) is 11.5 Å². The number of carbonyl (C=O) groups is 1. The molecule has 0 radical (unpaired) electrons. The van der Waals surface area contributed by atoms with Gasteiger partial charge in [-0.3, -0.25) is 0 Å². The van der Waals surface area contributed by atoms with Crippen LogP contribution in [0.3, 0.4) is 0 Å². The Balaban J connectivity index is 2.02. The number of benzene rings is 1. The molecule has 0 saturated heterocycles. The van der Waals surface area contributed by atoms with Gasteiger partial charge >= 0.3 is 114 Å². The number of rotatable bonds is 8. The zero-order valence-corrected chi connectivity index (χ0v) is 11.8. The maximum atomic E-state index is 11.6. The Bertz CT molecular complexity index is 390. The van der Waals surface area contributed by atoms with Crippen molar-refractivity contribution in [2.24, 2.45) is 0 Å². The van der Waals surface area contributed by atoms with E-state index in [0.29, 0.717) is 6.42 Å². The van der Waals surface area contributed by atoms with Crippen LogP contribution in [0.2, 0.25) is 5.32 Å². The van der Waals surface area contributed by atoms with E-state index in [2.05, 4.69) is 9.14 Å². The predicted molar refractivity (Wildman–Crippen MR) is 70.8 cm³/mol. The fourth-order valence-electron chi connectivity index (χ4n) is 1.44. The average molecular weight is 311 g/mol. The SMILES string of the molecule is N#CO[Se]CCCCCC(=O)Nc1ccccc1. The third-order valence-electron chi connectivity index (χ3n) is 2.29. The molecule has 4 nitrogen and oxygen atoms in total. The van der Waals surface area contributed by atoms with Gasteiger partial charge in [-0.2, -0.15) is 0 Å². The minimum atomic E-state index is -0.0267. The Hall–Kier alpha value is -1.50. The van der Waals surface area contributed by atoms with Gasteiger partial charge in [0, 0.05) is 0 Å². The second-order valence-electron chi connectivity index (χ2n) is 3.72. The number of carbonyl (C=O) groups excluding carboxylic acids is 1. The van der Waals surface area contributed by atoms with Crippen LogP contribution < -0.4 is 5.32 Å². The molecule has 18 heavy (non-hydrogen) atoms. The van der Waals surface area contributed by atoms with Crippen molar-refractivity contribution in [1.82, 2.24) is 0 Å². The maximum absolute atomic E-state index is 11.6. The summed E-state index contributed by atoms with van der Waals surface area (Å²) >= 11 is -0.0267. The summed E-state index contributed by atoms with van der Waals surface area (Å²) < 4.78 is 4.63. The molecule has 0 spiro atoms. The zero-order valence-electron chi connectivity index (χ0n) is 10.1. The van der Waals surface area contributed by atoms with E-state index in [9.17, 15) is 4.79 Å². The molecule has 0 aliphatic heterocycles. The molecule has 1 amide bonds. The van der Waals surface area contributed by atoms with Gasteiger partial charge in [-0.05, 0) is 0 Å². The summed E-state index contributed by atoms with van der Waals surface area (Å²) in [6.45, 7) is 0. The first kappa shape index (κ1) is 14.6. The summed E-state index contributed by atoms with van der Waals surface area (Å²) in [5.74, 6) is 0.0555. The first-order chi connectivity index (χ1) is 8.83. The Labute approximate surface area is 114 Å². The zero-order chi connectivity index (χ0) is 13.1. The van der Waals surface area contributed by atoms with Crippen molar-refractivity contribution in [2.75, 3.05) is 5.32 Å². The number of amides is 1. The van der Waals surface area contributed by atoms with Gasteiger partial charge in [-0.1, -0.05) is 0 Å². The third kappa shape index (κ3) is 6.95. The van der Waals surface area contributed by atoms with Gasteiger partial charge in [-0.15, -0.1) is 0 Å². The standard InChI is InChI=1S/C13H16N2O2Se/c14-11-17-18-10-6-2-5-9-13(16)15-12-7-3-1-4-8-12/h1,3-4,7-8H,2,5-6,9-10H2,(H,15,16). The molecule has 1 aromatic carbocycles. The van der Waals surface area contributed by atoms with Gasteiger partial charge in [0.2, 0.25) is 0 Å². The summed E-state index contributed by atoms with van der Waals surface area (Å²) in [7, 11) is 0. The number of anilines is 1. The van der Waals surface area contributed by atoms with E-state index in [0.717, 1.165) is 30.3 Å². The van der Waals surface area contributed by atoms with E-state index in [4.69, 9.17) is 5.26 Å². The van der Waals surface area contributed by atoms with Crippen molar-refractivity contribution in [3.05, 3.63) is 30.3 Å². The van der Waals surface area contributed by atoms with Gasteiger partial charge in [-0.25, -0.2) is 0 Å². The van der Waals surface area contributed by atoms with E-state index >= 15 is 0 Å². The summed E-state index contributed by atoms with van der Waals surface area (Å²) in [4.78, 5) is 11.6. The van der Waals surface area contributed by atoms with Gasteiger partial charge in [0.25, 0.3) is 0 Å². The van der Waals surface area contributed by atoms with Gasteiger partial charge in [0.15, 0.2) is 0 Å². The van der Waals surface area contributed by atoms with Gasteiger partial charge in [0.05, 0.1) is 0 Å². The number of nitrogens with one attached hydrogen (secondary N) is 1. The number of nitriles is 1. The van der Waals surface area contributed by atoms with Crippen LogP contribution in [0.4, 0.5) is 5.69 Å². The number of unbranched alkanes of at least 4 members (excludes halogenated alkanes) is 2. The molecule has 5 heteroatoms. The van der Waals surface area contributed by atoms with Crippen molar-refractivity contribution in [3.63, 3.8) is 0 Å². The van der Waals surface area contributed by atoms with Crippen molar-refractivity contribution in [1.29, 1.82) is 5.26 Å². The fraction of sp³-hybridized carbons (Fsp3) is 0.385. The normalized spacial score (nSPS) is 9.50. The molecule has 0 fully saturated rings. The second-order valence-corrected chi connectivity index (χ2v) is 5.42. The van der Waals surface area contributed by atoms with Crippen LogP contribution in [-0.4, -0.2) is 21.2 Å². The van der Waals surface area contributed by atoms with E-state index in [1.54, 1.807) is 6.26 Å². The molecular weight excluding hydrogens is 295 g/mol. The quantitative estimate of drug-likeness (QED) is 0.456. The van der Waals surface area contributed by atoms with Crippen LogP contribution in [0.15, 0.2) is 30.3 Å². The van der Waals surface area contributed by atoms with E-state index in [1.807, 2.05) is 30.3 Å². The van der Waals surface area contributed by atoms with Crippen molar-refractivity contribution < 1.29 is 8.61 Å². The summed E-state index contributed by atoms with van der Waals surface area (Å²) in [5, 5.41) is 12.0. The van der Waals surface area contributed by atoms with Crippen LogP contribution >= 0.6 is 0 Å². The molecule has 1 N–H and O–H groups in total. The molecule has 1 rings (SSSR count). The molecule has 1 aromatic rings. The molecule has 96 valence electrons. The van der Waals surface area contributed by atoms with Crippen LogP contribution in [0.1, 0.15) is 25.7 Å². The van der Waals surface area contributed by atoms with Crippen LogP contribution in [-0.2, 0) is 8.61 Å². The van der Waals surface area contributed by atoms with E-state index in [-0.39, 0.29) is 21.2 Å². The average Bonchev–Trinajstić information content (AvgIpc) is 2.39. The molecule has 0 heterocycles. The predicted octanol–water partition coefficient (Wildman–Crippen LogP) is 2.72. The molecule has 0 bridgehead atoms. The Kier molecular flexibility index (Phi) is 7.70. The summed E-state index contributed by atoms with van der Waals surface area (Å²) in [5.41, 5.74) is 0.841. The van der Waals surface area contributed by atoms with Gasteiger partial charge < -0.3 is 0 Å². The van der Waals surface area contributed by atoms with Crippen molar-refractivity contribution in [3.8, 4) is 6.26 Å². The van der Waals surface area contributed by atoms with Crippen LogP contribution in [0.5, 0.6) is 0 Å². The molecule has 0 aromatic heterocycles. The van der Waals surface area contributed by atoms with E-state index < -0.39 is 0 Å². The first-order valence-corrected chi connectivity index (χ1v) is 7.76. The van der Waals surface area contributed by atoms with Crippen molar-refractivity contribution >= 4 is 26.9 Å². The molecule has 0 aliphatic rings. The summed E-state index contributed by atoms with van der Waals surface area (Å²) in [6, 6.07) is 9.46. The van der Waals surface area contributed by atoms with Crippen LogP contribution in [0.25, 0.3) is 0 Å². The monoisotopic (exact) mass is 312 g/mol. The molecule has 0 unspecified atom stereocenters. The topological polar surface area (TPSA) is 62.1 Å². The van der Waals surface area contributed by atoms with E-state index in [1.165, 1.54) is 0 Å². The Morgan fingerprint density at radius 1 is 1.28 bits per heavy atom. The molecule has 0 atom stereocenters. The second kappa shape index (κ2) is 9.52. The molecule has 0 aliphatic carbocycles. The summed E-state index contributed by atoms with van der Waals surface area (Å²) in [6.07, 6.45) is 5.10. The van der Waals surface area contributed by atoms with Gasteiger partial charge in [0.1, 0.15) is 0 Å². The first-order valence-electron chi connectivity index (χ1n) is 5.85. The minimum absolute atomic E-state index is 0.0267. The van der Waals surface area contributed by atoms with Crippen molar-refractivity contribution in [2.45, 2.75) is 31.0 Å². The molecule has 0 saturated carbocycles. The number of para-hydroxylation sites is 1. The molecular formula is C13H16N2O2Se. The number of hydrogen-bond donors (Lipinski definition) is 1. The number of nitrogens with zero attached hydrogens (tertiary/aromatic N) is 1. The number of hydrogen-bond acceptors (Lipinski definition) is 3. The Morgan fingerprint density at radius 3 is 2.78 bits per heavy atom. The fourth-order valence-corrected chi connectivity index (χ4v) is 2.40.